The highest BCUT2D eigenvalue weighted by Crippen LogP contribution is 2.41. The van der Waals surface area contributed by atoms with Crippen LogP contribution in [0.3, 0.4) is 0 Å². The number of piperidine rings is 1. The molecule has 0 saturated carbocycles. The fourth-order valence-corrected chi connectivity index (χ4v) is 6.15. The number of halogens is 6. The van der Waals surface area contributed by atoms with E-state index in [0.717, 1.165) is 40.9 Å². The van der Waals surface area contributed by atoms with E-state index in [9.17, 15) is 40.7 Å². The van der Waals surface area contributed by atoms with E-state index >= 15 is 0 Å². The molecule has 3 fully saturated rings. The first-order valence-corrected chi connectivity index (χ1v) is 12.3. The van der Waals surface area contributed by atoms with Crippen LogP contribution in [0.15, 0.2) is 24.3 Å². The lowest BCUT2D eigenvalue weighted by Gasteiger charge is -2.41. The van der Waals surface area contributed by atoms with Gasteiger partial charge < -0.3 is 15.4 Å². The molecule has 1 aromatic rings. The number of benzene rings is 1. The normalized spacial score (nSPS) is 27.2. The van der Waals surface area contributed by atoms with Crippen LogP contribution in [0.5, 0.6) is 0 Å². The lowest BCUT2D eigenvalue weighted by molar-refractivity contribution is -0.206. The lowest BCUT2D eigenvalue weighted by atomic mass is 9.84. The fraction of sp³-hybridized carbons (Fsp3) is 0.591. The number of fused-ring (bicyclic) bond motifs is 2. The molecule has 198 valence electrons. The Kier molecular flexibility index (Phi) is 7.21. The third-order valence-corrected chi connectivity index (χ3v) is 7.88. The summed E-state index contributed by atoms with van der Waals surface area (Å²) in [5.41, 5.74) is 4.07. The second-order valence-electron chi connectivity index (χ2n) is 9.04. The predicted molar refractivity (Wildman–Crippen MR) is 115 cm³/mol. The summed E-state index contributed by atoms with van der Waals surface area (Å²) < 4.78 is 80.7. The summed E-state index contributed by atoms with van der Waals surface area (Å²) in [5.74, 6) is -3.51. The van der Waals surface area contributed by atoms with Gasteiger partial charge in [-0.2, -0.15) is 26.3 Å². The van der Waals surface area contributed by atoms with Crippen molar-refractivity contribution in [2.45, 2.75) is 61.7 Å². The van der Waals surface area contributed by atoms with Crippen LogP contribution in [-0.4, -0.2) is 69.7 Å². The lowest BCUT2D eigenvalue weighted by Crippen LogP contribution is -2.55. The Morgan fingerprint density at radius 3 is 2.11 bits per heavy atom. The Labute approximate surface area is 206 Å². The summed E-state index contributed by atoms with van der Waals surface area (Å²) >= 11 is 0.888. The van der Waals surface area contributed by atoms with Crippen LogP contribution in [0.1, 0.15) is 41.6 Å². The Balaban J connectivity index is 1.40. The first-order chi connectivity index (χ1) is 16.8. The Hall–Kier alpha value is -2.48. The number of esters is 1. The SMILES string of the molecule is N[C@H](C(=O)N1CCSC1OC(=O)C(F)(F)F)C1CC2CCC(C1)N2C(=O)c1ccc(C(F)(F)F)cc1. The molecular weight excluding hydrogens is 516 g/mol. The minimum atomic E-state index is -5.19. The van der Waals surface area contributed by atoms with Crippen LogP contribution in [0.2, 0.25) is 0 Å². The number of hydrogen-bond donors (Lipinski definition) is 1. The van der Waals surface area contributed by atoms with Gasteiger partial charge >= 0.3 is 18.3 Å². The number of carbonyl (C=O) groups is 3. The van der Waals surface area contributed by atoms with E-state index in [1.807, 2.05) is 0 Å². The molecule has 3 aliphatic heterocycles. The third-order valence-electron chi connectivity index (χ3n) is 6.83. The third kappa shape index (κ3) is 5.29. The molecule has 2 N–H and O–H groups in total. The van der Waals surface area contributed by atoms with Gasteiger partial charge in [-0.15, -0.1) is 0 Å². The number of carbonyl (C=O) groups excluding carboxylic acids is 3. The molecular formula is C22H23F6N3O4S. The second-order valence-corrected chi connectivity index (χ2v) is 10.2. The van der Waals surface area contributed by atoms with E-state index in [4.69, 9.17) is 5.73 Å². The summed E-state index contributed by atoms with van der Waals surface area (Å²) in [5, 5.41) is 0. The van der Waals surface area contributed by atoms with Crippen molar-refractivity contribution in [1.29, 1.82) is 0 Å². The monoisotopic (exact) mass is 539 g/mol. The number of hydrogen-bond acceptors (Lipinski definition) is 6. The van der Waals surface area contributed by atoms with Crippen LogP contribution in [0.25, 0.3) is 0 Å². The number of amides is 2. The molecule has 4 atom stereocenters. The van der Waals surface area contributed by atoms with E-state index in [-0.39, 0.29) is 35.9 Å². The minimum Gasteiger partial charge on any atom is -0.425 e. The topological polar surface area (TPSA) is 92.9 Å². The molecule has 14 heteroatoms. The van der Waals surface area contributed by atoms with Crippen molar-refractivity contribution in [3.63, 3.8) is 0 Å². The van der Waals surface area contributed by atoms with Crippen LogP contribution in [-0.2, 0) is 20.5 Å². The van der Waals surface area contributed by atoms with Crippen LogP contribution < -0.4 is 5.73 Å². The molecule has 0 radical (unpaired) electrons. The van der Waals surface area contributed by atoms with Gasteiger partial charge in [0.25, 0.3) is 5.91 Å². The fourth-order valence-electron chi connectivity index (χ4n) is 5.11. The number of alkyl halides is 6. The van der Waals surface area contributed by atoms with Gasteiger partial charge in [-0.1, -0.05) is 11.8 Å². The van der Waals surface area contributed by atoms with Crippen molar-refractivity contribution in [3.8, 4) is 0 Å². The van der Waals surface area contributed by atoms with Crippen molar-refractivity contribution in [2.24, 2.45) is 11.7 Å². The number of rotatable bonds is 4. The van der Waals surface area contributed by atoms with Crippen molar-refractivity contribution < 1.29 is 45.5 Å². The maximum atomic E-state index is 13.1. The summed E-state index contributed by atoms with van der Waals surface area (Å²) in [6, 6.07) is 2.38. The Morgan fingerprint density at radius 2 is 1.58 bits per heavy atom. The first-order valence-electron chi connectivity index (χ1n) is 11.2. The van der Waals surface area contributed by atoms with Crippen molar-refractivity contribution in [2.75, 3.05) is 12.3 Å². The van der Waals surface area contributed by atoms with Gasteiger partial charge in [0.2, 0.25) is 11.5 Å². The van der Waals surface area contributed by atoms with Gasteiger partial charge in [0.05, 0.1) is 11.6 Å². The highest BCUT2D eigenvalue weighted by atomic mass is 32.2. The maximum absolute atomic E-state index is 13.1. The summed E-state index contributed by atoms with van der Waals surface area (Å²) in [6.45, 7) is 0.0745. The van der Waals surface area contributed by atoms with Crippen LogP contribution in [0, 0.1) is 5.92 Å². The molecule has 3 heterocycles. The van der Waals surface area contributed by atoms with Gasteiger partial charge in [-0.05, 0) is 55.9 Å². The quantitative estimate of drug-likeness (QED) is 0.466. The maximum Gasteiger partial charge on any atom is 0.491 e. The predicted octanol–water partition coefficient (Wildman–Crippen LogP) is 3.38. The van der Waals surface area contributed by atoms with Crippen LogP contribution >= 0.6 is 11.8 Å². The van der Waals surface area contributed by atoms with Gasteiger partial charge in [0.15, 0.2) is 0 Å². The molecule has 2 bridgehead atoms. The minimum absolute atomic E-state index is 0.0745. The standard InChI is InChI=1S/C22H23F6N3O4S/c23-21(24,25)13-3-1-11(2-4-13)17(32)31-14-5-6-15(31)10-12(9-14)16(29)18(33)30-7-8-36-20(30)35-19(34)22(26,27)28/h1-4,12,14-16,20H,5-10,29H2/t12?,14?,15?,16-,20?/m0/s1. The van der Waals surface area contributed by atoms with Crippen molar-refractivity contribution in [1.82, 2.24) is 9.80 Å². The highest BCUT2D eigenvalue weighted by molar-refractivity contribution is 8.00. The molecule has 7 nitrogen and oxygen atoms in total. The number of nitrogens with zero attached hydrogens (tertiary/aromatic N) is 2. The molecule has 4 rings (SSSR count). The average molecular weight is 539 g/mol. The average Bonchev–Trinajstić information content (AvgIpc) is 3.37. The van der Waals surface area contributed by atoms with Gasteiger partial charge in [0, 0.05) is 29.9 Å². The zero-order valence-corrected chi connectivity index (χ0v) is 19.5. The molecule has 3 unspecified atom stereocenters. The smallest absolute Gasteiger partial charge is 0.425 e. The molecule has 0 aromatic heterocycles. The zero-order valence-electron chi connectivity index (χ0n) is 18.7. The van der Waals surface area contributed by atoms with E-state index in [1.165, 1.54) is 0 Å². The Bertz CT molecular complexity index is 1000. The molecule has 3 saturated heterocycles. The van der Waals surface area contributed by atoms with Gasteiger partial charge in [-0.3, -0.25) is 14.5 Å². The summed E-state index contributed by atoms with van der Waals surface area (Å²) in [4.78, 5) is 40.0. The zero-order chi connectivity index (χ0) is 26.4. The van der Waals surface area contributed by atoms with Crippen LogP contribution in [0.4, 0.5) is 26.3 Å². The second kappa shape index (κ2) is 9.77. The van der Waals surface area contributed by atoms with E-state index < -0.39 is 47.3 Å². The van der Waals surface area contributed by atoms with E-state index in [2.05, 4.69) is 4.74 Å². The number of nitrogens with two attached hydrogens (primary N) is 1. The summed E-state index contributed by atoms with van der Waals surface area (Å²) in [6.07, 6.45) is -7.70. The molecule has 3 aliphatic rings. The highest BCUT2D eigenvalue weighted by Gasteiger charge is 2.49. The van der Waals surface area contributed by atoms with Gasteiger partial charge in [0.1, 0.15) is 0 Å². The number of ether oxygens (including phenoxy) is 1. The molecule has 0 aliphatic carbocycles. The largest absolute Gasteiger partial charge is 0.491 e. The summed E-state index contributed by atoms with van der Waals surface area (Å²) in [7, 11) is 0. The molecule has 2 amide bonds. The number of thioether (sulfide) groups is 1. The molecule has 36 heavy (non-hydrogen) atoms. The van der Waals surface area contributed by atoms with Gasteiger partial charge in [-0.25, -0.2) is 4.79 Å². The van der Waals surface area contributed by atoms with E-state index in [1.54, 1.807) is 4.90 Å². The first kappa shape index (κ1) is 26.6. The van der Waals surface area contributed by atoms with E-state index in [0.29, 0.717) is 25.7 Å². The van der Waals surface area contributed by atoms with Crippen molar-refractivity contribution in [3.05, 3.63) is 35.4 Å². The Morgan fingerprint density at radius 1 is 1.00 bits per heavy atom. The molecule has 0 spiro atoms. The van der Waals surface area contributed by atoms with Crippen molar-refractivity contribution >= 4 is 29.5 Å². The molecule has 1 aromatic carbocycles.